The molecule has 1 fully saturated rings. The first kappa shape index (κ1) is 16.1. The lowest BCUT2D eigenvalue weighted by atomic mass is 9.99. The Hall–Kier alpha value is -3.07. The number of hydrogen-bond acceptors (Lipinski definition) is 5. The fourth-order valence-electron chi connectivity index (χ4n) is 3.92. The van der Waals surface area contributed by atoms with E-state index in [0.717, 1.165) is 12.1 Å². The van der Waals surface area contributed by atoms with Crippen molar-refractivity contribution in [1.29, 1.82) is 0 Å². The molecule has 4 heterocycles. The highest BCUT2D eigenvalue weighted by atomic mass is 19.1. The first-order chi connectivity index (χ1) is 13.1. The highest BCUT2D eigenvalue weighted by Gasteiger charge is 2.30. The molecule has 8 nitrogen and oxygen atoms in total. The zero-order chi connectivity index (χ0) is 18.7. The number of hydrogen-bond donors (Lipinski definition) is 0. The normalized spacial score (nSPS) is 20.1. The third-order valence-electron chi connectivity index (χ3n) is 5.33. The van der Waals surface area contributed by atoms with Crippen molar-refractivity contribution in [3.63, 3.8) is 0 Å². The van der Waals surface area contributed by atoms with Crippen LogP contribution in [0.5, 0.6) is 0 Å². The van der Waals surface area contributed by atoms with Gasteiger partial charge in [0.25, 0.3) is 5.56 Å². The van der Waals surface area contributed by atoms with Crippen molar-refractivity contribution in [3.8, 4) is 5.82 Å². The van der Waals surface area contributed by atoms with Gasteiger partial charge in [-0.15, -0.1) is 5.10 Å². The van der Waals surface area contributed by atoms with Gasteiger partial charge in [-0.1, -0.05) is 5.21 Å². The number of aryl methyl sites for hydroxylation is 1. The van der Waals surface area contributed by atoms with E-state index in [1.807, 2.05) is 6.92 Å². The maximum Gasteiger partial charge on any atom is 0.261 e. The first-order valence-electron chi connectivity index (χ1n) is 8.74. The van der Waals surface area contributed by atoms with Gasteiger partial charge in [0.2, 0.25) is 0 Å². The summed E-state index contributed by atoms with van der Waals surface area (Å²) in [5.74, 6) is 0.212. The average molecular weight is 368 g/mol. The van der Waals surface area contributed by atoms with Gasteiger partial charge in [0.1, 0.15) is 12.1 Å². The van der Waals surface area contributed by atoms with Crippen LogP contribution in [-0.2, 0) is 11.8 Å². The topological polar surface area (TPSA) is 79.2 Å². The Morgan fingerprint density at radius 1 is 1.33 bits per heavy atom. The van der Waals surface area contributed by atoms with Gasteiger partial charge in [-0.3, -0.25) is 13.8 Å². The second kappa shape index (κ2) is 5.71. The summed E-state index contributed by atoms with van der Waals surface area (Å²) in [6, 6.07) is 4.16. The van der Waals surface area contributed by atoms with E-state index < -0.39 is 5.82 Å². The number of fused-ring (bicyclic) bond motifs is 3. The molecule has 2 unspecified atom stereocenters. The van der Waals surface area contributed by atoms with Crippen LogP contribution in [0.25, 0.3) is 22.4 Å². The van der Waals surface area contributed by atoms with Gasteiger partial charge in [0.05, 0.1) is 28.9 Å². The van der Waals surface area contributed by atoms with E-state index in [1.54, 1.807) is 34.7 Å². The summed E-state index contributed by atoms with van der Waals surface area (Å²) in [6.45, 7) is 2.72. The summed E-state index contributed by atoms with van der Waals surface area (Å²) in [7, 11) is 1.64. The van der Waals surface area contributed by atoms with Crippen LogP contribution in [0.15, 0.2) is 35.5 Å². The number of imidazole rings is 1. The van der Waals surface area contributed by atoms with E-state index in [-0.39, 0.29) is 17.6 Å². The van der Waals surface area contributed by atoms with Crippen LogP contribution in [0.4, 0.5) is 4.39 Å². The molecule has 0 amide bonds. The molecule has 0 bridgehead atoms. The summed E-state index contributed by atoms with van der Waals surface area (Å²) in [4.78, 5) is 17.3. The molecule has 0 saturated carbocycles. The van der Waals surface area contributed by atoms with Crippen LogP contribution in [0.3, 0.4) is 0 Å². The molecule has 1 aromatic carbocycles. The van der Waals surface area contributed by atoms with Crippen molar-refractivity contribution in [2.45, 2.75) is 25.4 Å². The van der Waals surface area contributed by atoms with Crippen molar-refractivity contribution in [3.05, 3.63) is 52.6 Å². The van der Waals surface area contributed by atoms with Crippen molar-refractivity contribution in [1.82, 2.24) is 28.9 Å². The Kier molecular flexibility index (Phi) is 3.41. The van der Waals surface area contributed by atoms with E-state index in [0.29, 0.717) is 29.0 Å². The fourth-order valence-corrected chi connectivity index (χ4v) is 3.92. The quantitative estimate of drug-likeness (QED) is 0.539. The maximum atomic E-state index is 13.6. The molecule has 0 spiro atoms. The lowest BCUT2D eigenvalue weighted by Gasteiger charge is -2.15. The van der Waals surface area contributed by atoms with Crippen molar-refractivity contribution >= 4 is 16.6 Å². The molecular weight excluding hydrogens is 351 g/mol. The van der Waals surface area contributed by atoms with Crippen LogP contribution in [0.2, 0.25) is 0 Å². The van der Waals surface area contributed by atoms with Gasteiger partial charge in [-0.2, -0.15) is 4.68 Å². The van der Waals surface area contributed by atoms with Gasteiger partial charge in [0.15, 0.2) is 11.5 Å². The van der Waals surface area contributed by atoms with Crippen LogP contribution < -0.4 is 5.56 Å². The second-order valence-electron chi connectivity index (χ2n) is 6.83. The summed E-state index contributed by atoms with van der Waals surface area (Å²) < 4.78 is 24.2. The van der Waals surface area contributed by atoms with E-state index in [4.69, 9.17) is 4.74 Å². The molecule has 3 aromatic heterocycles. The van der Waals surface area contributed by atoms with E-state index >= 15 is 0 Å². The van der Waals surface area contributed by atoms with Gasteiger partial charge >= 0.3 is 0 Å². The molecule has 0 N–H and O–H groups in total. The SMILES string of the molecule is CC1OCCC1c1cnnn1-c1ncn2c3ccc(F)cc3c(=O)n(C)c12. The minimum atomic E-state index is -0.451. The van der Waals surface area contributed by atoms with Crippen LogP contribution in [-0.4, -0.2) is 41.7 Å². The average Bonchev–Trinajstić information content (AvgIpc) is 3.37. The smallest absolute Gasteiger partial charge is 0.261 e. The molecule has 1 aliphatic rings. The lowest BCUT2D eigenvalue weighted by molar-refractivity contribution is 0.117. The molecule has 2 atom stereocenters. The minimum absolute atomic E-state index is 0.0590. The molecule has 1 saturated heterocycles. The van der Waals surface area contributed by atoms with Gasteiger partial charge in [-0.05, 0) is 31.5 Å². The van der Waals surface area contributed by atoms with E-state index in [9.17, 15) is 9.18 Å². The van der Waals surface area contributed by atoms with Crippen LogP contribution >= 0.6 is 0 Å². The summed E-state index contributed by atoms with van der Waals surface area (Å²) in [5, 5.41) is 8.57. The Morgan fingerprint density at radius 2 is 2.19 bits per heavy atom. The van der Waals surface area contributed by atoms with Crippen molar-refractivity contribution < 1.29 is 9.13 Å². The fraction of sp³-hybridized carbons (Fsp3) is 0.333. The van der Waals surface area contributed by atoms with Gasteiger partial charge < -0.3 is 4.74 Å². The highest BCUT2D eigenvalue weighted by Crippen LogP contribution is 2.32. The predicted molar refractivity (Wildman–Crippen MR) is 95.6 cm³/mol. The minimum Gasteiger partial charge on any atom is -0.378 e. The first-order valence-corrected chi connectivity index (χ1v) is 8.74. The van der Waals surface area contributed by atoms with Crippen LogP contribution in [0.1, 0.15) is 25.0 Å². The third kappa shape index (κ3) is 2.24. The Morgan fingerprint density at radius 3 is 2.96 bits per heavy atom. The molecular formula is C18H17FN6O2. The zero-order valence-electron chi connectivity index (χ0n) is 14.8. The number of rotatable bonds is 2. The maximum absolute atomic E-state index is 13.6. The molecule has 0 radical (unpaired) electrons. The molecule has 138 valence electrons. The number of nitrogens with zero attached hydrogens (tertiary/aromatic N) is 6. The Balaban J connectivity index is 1.80. The molecule has 0 aliphatic carbocycles. The Bertz CT molecular complexity index is 1240. The third-order valence-corrected chi connectivity index (χ3v) is 5.33. The number of aromatic nitrogens is 6. The van der Waals surface area contributed by atoms with Crippen molar-refractivity contribution in [2.24, 2.45) is 7.05 Å². The standard InChI is InChI=1S/C18H17FN6O2/c1-10-12(5-6-27-10)15-8-21-22-25(15)16-17-23(2)18(26)13-7-11(19)3-4-14(13)24(17)9-20-16/h3-4,7-10,12H,5-6H2,1-2H3. The summed E-state index contributed by atoms with van der Waals surface area (Å²) >= 11 is 0. The molecule has 5 rings (SSSR count). The number of ether oxygens (including phenoxy) is 1. The lowest BCUT2D eigenvalue weighted by Crippen LogP contribution is -2.21. The largest absolute Gasteiger partial charge is 0.378 e. The molecule has 1 aliphatic heterocycles. The second-order valence-corrected chi connectivity index (χ2v) is 6.83. The van der Waals surface area contributed by atoms with Gasteiger partial charge in [-0.25, -0.2) is 9.37 Å². The number of halogens is 1. The zero-order valence-corrected chi connectivity index (χ0v) is 14.8. The van der Waals surface area contributed by atoms with Crippen LogP contribution in [0, 0.1) is 5.82 Å². The number of benzene rings is 1. The highest BCUT2D eigenvalue weighted by molar-refractivity contribution is 5.82. The Labute approximate surface area is 152 Å². The molecule has 4 aromatic rings. The summed E-state index contributed by atoms with van der Waals surface area (Å²) in [6.07, 6.45) is 4.27. The molecule has 9 heteroatoms. The summed E-state index contributed by atoms with van der Waals surface area (Å²) in [5.41, 5.74) is 1.76. The molecule has 27 heavy (non-hydrogen) atoms. The van der Waals surface area contributed by atoms with Crippen molar-refractivity contribution in [2.75, 3.05) is 6.61 Å². The monoisotopic (exact) mass is 368 g/mol. The predicted octanol–water partition coefficient (Wildman–Crippen LogP) is 1.80. The van der Waals surface area contributed by atoms with Gasteiger partial charge in [0, 0.05) is 19.6 Å². The van der Waals surface area contributed by atoms with E-state index in [1.165, 1.54) is 16.7 Å². The van der Waals surface area contributed by atoms with E-state index in [2.05, 4.69) is 15.3 Å².